The zero-order valence-corrected chi connectivity index (χ0v) is 12.0. The number of carbonyl (C=O) groups is 2. The Morgan fingerprint density at radius 2 is 2.10 bits per heavy atom. The molecule has 0 bridgehead atoms. The van der Waals surface area contributed by atoms with Gasteiger partial charge in [-0.2, -0.15) is 0 Å². The molecule has 1 aromatic heterocycles. The SMILES string of the molecule is O=C(O)CCCc1csc(NC(=O)C2CC3CC3C2)n1. The fourth-order valence-corrected chi connectivity index (χ4v) is 3.78. The summed E-state index contributed by atoms with van der Waals surface area (Å²) < 4.78 is 0. The van der Waals surface area contributed by atoms with Crippen LogP contribution in [0.1, 0.15) is 37.8 Å². The number of rotatable bonds is 6. The lowest BCUT2D eigenvalue weighted by molar-refractivity contribution is -0.137. The molecule has 0 radical (unpaired) electrons. The smallest absolute Gasteiger partial charge is 0.303 e. The summed E-state index contributed by atoms with van der Waals surface area (Å²) in [4.78, 5) is 26.9. The first-order chi connectivity index (χ1) is 9.61. The van der Waals surface area contributed by atoms with E-state index in [9.17, 15) is 9.59 Å². The molecular weight excluding hydrogens is 276 g/mol. The van der Waals surface area contributed by atoms with Gasteiger partial charge in [0.25, 0.3) is 0 Å². The minimum atomic E-state index is -0.784. The number of aliphatic carboxylic acids is 1. The second-order valence-corrected chi connectivity index (χ2v) is 6.66. The Morgan fingerprint density at radius 1 is 1.35 bits per heavy atom. The van der Waals surface area contributed by atoms with Gasteiger partial charge in [0, 0.05) is 17.7 Å². The summed E-state index contributed by atoms with van der Waals surface area (Å²) in [5, 5.41) is 14.0. The summed E-state index contributed by atoms with van der Waals surface area (Å²) in [7, 11) is 0. The maximum absolute atomic E-state index is 12.1. The number of aryl methyl sites for hydroxylation is 1. The second-order valence-electron chi connectivity index (χ2n) is 5.80. The van der Waals surface area contributed by atoms with E-state index in [2.05, 4.69) is 10.3 Å². The van der Waals surface area contributed by atoms with Crippen molar-refractivity contribution in [1.82, 2.24) is 4.98 Å². The zero-order chi connectivity index (χ0) is 14.1. The van der Waals surface area contributed by atoms with Gasteiger partial charge in [-0.15, -0.1) is 11.3 Å². The summed E-state index contributed by atoms with van der Waals surface area (Å²) in [5.74, 6) is 1.08. The lowest BCUT2D eigenvalue weighted by atomic mass is 10.0. The van der Waals surface area contributed by atoms with Crippen molar-refractivity contribution in [2.75, 3.05) is 5.32 Å². The van der Waals surface area contributed by atoms with Gasteiger partial charge < -0.3 is 10.4 Å². The molecule has 2 atom stereocenters. The Labute approximate surface area is 121 Å². The van der Waals surface area contributed by atoms with Crippen LogP contribution in [0.3, 0.4) is 0 Å². The molecule has 2 aliphatic carbocycles. The van der Waals surface area contributed by atoms with Crippen LogP contribution in [0, 0.1) is 17.8 Å². The number of nitrogens with zero attached hydrogens (tertiary/aromatic N) is 1. The van der Waals surface area contributed by atoms with E-state index in [1.807, 2.05) is 5.38 Å². The number of hydrogen-bond donors (Lipinski definition) is 2. The third kappa shape index (κ3) is 3.17. The van der Waals surface area contributed by atoms with Crippen molar-refractivity contribution in [1.29, 1.82) is 0 Å². The predicted molar refractivity (Wildman–Crippen MR) is 75.6 cm³/mol. The van der Waals surface area contributed by atoms with E-state index in [-0.39, 0.29) is 18.2 Å². The van der Waals surface area contributed by atoms with Gasteiger partial charge in [0.15, 0.2) is 5.13 Å². The number of thiazole rings is 1. The van der Waals surface area contributed by atoms with Crippen molar-refractivity contribution in [2.45, 2.75) is 38.5 Å². The van der Waals surface area contributed by atoms with Crippen LogP contribution in [0.2, 0.25) is 0 Å². The molecule has 1 heterocycles. The molecule has 0 spiro atoms. The van der Waals surface area contributed by atoms with Gasteiger partial charge in [0.05, 0.1) is 5.69 Å². The number of fused-ring (bicyclic) bond motifs is 1. The third-order valence-electron chi connectivity index (χ3n) is 4.22. The number of carboxylic acids is 1. The number of amides is 1. The summed E-state index contributed by atoms with van der Waals surface area (Å²) in [6, 6.07) is 0. The van der Waals surface area contributed by atoms with E-state index in [4.69, 9.17) is 5.11 Å². The van der Waals surface area contributed by atoms with Crippen LogP contribution in [0.4, 0.5) is 5.13 Å². The molecule has 1 amide bonds. The summed E-state index contributed by atoms with van der Waals surface area (Å²) in [6.45, 7) is 0. The van der Waals surface area contributed by atoms with Crippen LogP contribution in [0.5, 0.6) is 0 Å². The van der Waals surface area contributed by atoms with Crippen LogP contribution >= 0.6 is 11.3 Å². The molecule has 2 aliphatic rings. The number of carboxylic acid groups (broad SMARTS) is 1. The van der Waals surface area contributed by atoms with Gasteiger partial charge in [0.1, 0.15) is 0 Å². The molecule has 2 fully saturated rings. The maximum atomic E-state index is 12.1. The molecule has 0 saturated heterocycles. The highest BCUT2D eigenvalue weighted by Gasteiger charge is 2.48. The molecule has 0 aromatic carbocycles. The summed E-state index contributed by atoms with van der Waals surface area (Å²) in [5.41, 5.74) is 0.862. The summed E-state index contributed by atoms with van der Waals surface area (Å²) in [6.07, 6.45) is 4.77. The van der Waals surface area contributed by atoms with Crippen molar-refractivity contribution in [2.24, 2.45) is 17.8 Å². The number of anilines is 1. The molecule has 2 unspecified atom stereocenters. The lowest BCUT2D eigenvalue weighted by Gasteiger charge is -2.09. The molecule has 5 nitrogen and oxygen atoms in total. The molecule has 3 rings (SSSR count). The van der Waals surface area contributed by atoms with Crippen molar-refractivity contribution in [3.63, 3.8) is 0 Å². The number of aromatic nitrogens is 1. The Morgan fingerprint density at radius 3 is 2.80 bits per heavy atom. The minimum absolute atomic E-state index is 0.101. The van der Waals surface area contributed by atoms with E-state index in [1.54, 1.807) is 0 Å². The third-order valence-corrected chi connectivity index (χ3v) is 5.03. The average molecular weight is 294 g/mol. The van der Waals surface area contributed by atoms with E-state index < -0.39 is 5.97 Å². The highest BCUT2D eigenvalue weighted by Crippen LogP contribution is 2.54. The highest BCUT2D eigenvalue weighted by molar-refractivity contribution is 7.13. The second kappa shape index (κ2) is 5.52. The van der Waals surface area contributed by atoms with Gasteiger partial charge in [-0.25, -0.2) is 4.98 Å². The van der Waals surface area contributed by atoms with Gasteiger partial charge in [0.2, 0.25) is 5.91 Å². The topological polar surface area (TPSA) is 79.3 Å². The van der Waals surface area contributed by atoms with E-state index in [0.717, 1.165) is 30.4 Å². The largest absolute Gasteiger partial charge is 0.481 e. The minimum Gasteiger partial charge on any atom is -0.481 e. The monoisotopic (exact) mass is 294 g/mol. The Hall–Kier alpha value is -1.43. The van der Waals surface area contributed by atoms with Gasteiger partial charge in [-0.1, -0.05) is 0 Å². The Bertz CT molecular complexity index is 518. The van der Waals surface area contributed by atoms with Crippen molar-refractivity contribution >= 4 is 28.3 Å². The van der Waals surface area contributed by atoms with Crippen molar-refractivity contribution in [3.05, 3.63) is 11.1 Å². The molecule has 20 heavy (non-hydrogen) atoms. The molecule has 0 aliphatic heterocycles. The molecule has 1 aromatic rings. The fraction of sp³-hybridized carbons (Fsp3) is 0.643. The number of carbonyl (C=O) groups excluding carboxylic acids is 1. The van der Waals surface area contributed by atoms with Crippen LogP contribution in [0.25, 0.3) is 0 Å². The lowest BCUT2D eigenvalue weighted by Crippen LogP contribution is -2.21. The zero-order valence-electron chi connectivity index (χ0n) is 11.2. The standard InChI is InChI=1S/C14H18N2O3S/c17-12(18)3-1-2-11-7-20-14(15-11)16-13(19)10-5-8-4-9(8)6-10/h7-10H,1-6H2,(H,17,18)(H,15,16,19). The van der Waals surface area contributed by atoms with E-state index in [0.29, 0.717) is 18.0 Å². The van der Waals surface area contributed by atoms with Crippen LogP contribution < -0.4 is 5.32 Å². The number of hydrogen-bond acceptors (Lipinski definition) is 4. The Balaban J connectivity index is 1.46. The van der Waals surface area contributed by atoms with E-state index in [1.165, 1.54) is 17.8 Å². The summed E-state index contributed by atoms with van der Waals surface area (Å²) >= 11 is 1.42. The van der Waals surface area contributed by atoms with Gasteiger partial charge >= 0.3 is 5.97 Å². The normalized spacial score (nSPS) is 27.1. The van der Waals surface area contributed by atoms with Crippen molar-refractivity contribution < 1.29 is 14.7 Å². The maximum Gasteiger partial charge on any atom is 0.303 e. The predicted octanol–water partition coefficient (Wildman–Crippen LogP) is 2.54. The molecule has 2 N–H and O–H groups in total. The molecule has 2 saturated carbocycles. The molecular formula is C14H18N2O3S. The highest BCUT2D eigenvalue weighted by atomic mass is 32.1. The van der Waals surface area contributed by atoms with Crippen LogP contribution in [0.15, 0.2) is 5.38 Å². The van der Waals surface area contributed by atoms with Gasteiger partial charge in [-0.3, -0.25) is 9.59 Å². The molecule has 6 heteroatoms. The first kappa shape index (κ1) is 13.5. The number of nitrogens with one attached hydrogen (secondary N) is 1. The van der Waals surface area contributed by atoms with Crippen LogP contribution in [-0.2, 0) is 16.0 Å². The van der Waals surface area contributed by atoms with Gasteiger partial charge in [-0.05, 0) is 43.9 Å². The van der Waals surface area contributed by atoms with Crippen LogP contribution in [-0.4, -0.2) is 22.0 Å². The quantitative estimate of drug-likeness (QED) is 0.845. The fourth-order valence-electron chi connectivity index (χ4n) is 3.04. The first-order valence-electron chi connectivity index (χ1n) is 7.09. The average Bonchev–Trinajstić information content (AvgIpc) is 2.83. The Kier molecular flexibility index (Phi) is 3.74. The first-order valence-corrected chi connectivity index (χ1v) is 7.97. The van der Waals surface area contributed by atoms with Crippen molar-refractivity contribution in [3.8, 4) is 0 Å². The molecule has 108 valence electrons. The van der Waals surface area contributed by atoms with E-state index >= 15 is 0 Å².